The summed E-state index contributed by atoms with van der Waals surface area (Å²) in [5, 5.41) is 35.8. The topological polar surface area (TPSA) is 95.2 Å². The average molecular weight is 513 g/mol. The summed E-state index contributed by atoms with van der Waals surface area (Å²) < 4.78 is 1.83. The molecule has 2 rings (SSSR count). The van der Waals surface area contributed by atoms with Crippen LogP contribution in [0.1, 0.15) is 0 Å². The van der Waals surface area contributed by atoms with Crippen LogP contribution < -0.4 is 0 Å². The van der Waals surface area contributed by atoms with E-state index in [0.29, 0.717) is 19.6 Å². The van der Waals surface area contributed by atoms with Crippen LogP contribution in [0, 0.1) is 45.3 Å². The first-order valence-electron chi connectivity index (χ1n) is 9.60. The molecule has 0 N–H and O–H groups in total. The third kappa shape index (κ3) is 9.55. The molecule has 0 saturated heterocycles. The molecule has 0 aromatic heterocycles. The highest BCUT2D eigenvalue weighted by Gasteiger charge is 2.20. The number of thioether (sulfide) groups is 4. The number of rotatable bonds is 8. The minimum atomic E-state index is 0.457. The van der Waals surface area contributed by atoms with Crippen molar-refractivity contribution in [3.05, 3.63) is 125 Å². The van der Waals surface area contributed by atoms with Gasteiger partial charge in [0.05, 0.1) is 8.47 Å². The predicted molar refractivity (Wildman–Crippen MR) is 147 cm³/mol. The van der Waals surface area contributed by atoms with Crippen molar-refractivity contribution in [1.82, 2.24) is 0 Å². The molecule has 0 spiro atoms. The Hall–Kier alpha value is -3.50. The molecule has 164 valence electrons. The number of hydrogen-bond acceptors (Lipinski definition) is 8. The van der Waals surface area contributed by atoms with E-state index < -0.39 is 0 Å². The highest BCUT2D eigenvalue weighted by molar-refractivity contribution is 8.29. The monoisotopic (exact) mass is 512 g/mol. The van der Waals surface area contributed by atoms with Gasteiger partial charge in [0.25, 0.3) is 0 Å². The van der Waals surface area contributed by atoms with Crippen LogP contribution in [0.5, 0.6) is 0 Å². The molecule has 0 bridgehead atoms. The van der Waals surface area contributed by atoms with Crippen molar-refractivity contribution in [2.24, 2.45) is 0 Å². The Labute approximate surface area is 216 Å². The van der Waals surface area contributed by atoms with E-state index in [2.05, 4.69) is 0 Å². The maximum absolute atomic E-state index is 8.96. The van der Waals surface area contributed by atoms with Gasteiger partial charge in [-0.15, -0.1) is 0 Å². The van der Waals surface area contributed by atoms with Gasteiger partial charge >= 0.3 is 0 Å². The highest BCUT2D eigenvalue weighted by Crippen LogP contribution is 2.49. The highest BCUT2D eigenvalue weighted by atomic mass is 32.2. The predicted octanol–water partition coefficient (Wildman–Crippen LogP) is 8.04. The van der Waals surface area contributed by atoms with Crippen molar-refractivity contribution in [1.29, 1.82) is 21.0 Å². The van der Waals surface area contributed by atoms with E-state index in [1.54, 1.807) is 0 Å². The van der Waals surface area contributed by atoms with Crippen molar-refractivity contribution in [2.45, 2.75) is 0 Å². The van der Waals surface area contributed by atoms with Gasteiger partial charge in [0.1, 0.15) is 43.9 Å². The van der Waals surface area contributed by atoms with Gasteiger partial charge in [-0.1, -0.05) is 132 Å². The molecule has 2 aliphatic rings. The third-order valence-corrected chi connectivity index (χ3v) is 8.14. The second kappa shape index (κ2) is 16.2. The molecule has 0 saturated carbocycles. The Morgan fingerprint density at radius 3 is 0.765 bits per heavy atom. The van der Waals surface area contributed by atoms with E-state index in [9.17, 15) is 0 Å². The lowest BCUT2D eigenvalue weighted by Crippen LogP contribution is -1.66. The van der Waals surface area contributed by atoms with Crippen LogP contribution in [0.25, 0.3) is 0 Å². The van der Waals surface area contributed by atoms with E-state index >= 15 is 0 Å². The zero-order chi connectivity index (χ0) is 24.4. The molecule has 0 aliphatic carbocycles. The zero-order valence-electron chi connectivity index (χ0n) is 17.7. The van der Waals surface area contributed by atoms with Gasteiger partial charge in [-0.2, -0.15) is 21.0 Å². The fraction of sp³-hybridized carbons (Fsp3) is 0. The molecule has 2 heterocycles. The minimum absolute atomic E-state index is 0.457. The molecular weight excluding hydrogens is 497 g/mol. The lowest BCUT2D eigenvalue weighted by Gasteiger charge is -1.88. The van der Waals surface area contributed by atoms with Gasteiger partial charge in [-0.3, -0.25) is 0 Å². The zero-order valence-corrected chi connectivity index (χ0v) is 20.9. The summed E-state index contributed by atoms with van der Waals surface area (Å²) in [6.45, 7) is 0. The molecule has 0 fully saturated rings. The number of nitriles is 4. The number of hydrogen-bond donors (Lipinski definition) is 0. The molecule has 2 aliphatic heterocycles. The molecule has 0 atom stereocenters. The normalized spacial score (nSPS) is 16.8. The van der Waals surface area contributed by atoms with Crippen LogP contribution in [0.2, 0.25) is 0 Å². The van der Waals surface area contributed by atoms with Crippen LogP contribution in [0.15, 0.2) is 125 Å². The van der Waals surface area contributed by atoms with Crippen LogP contribution in [0.4, 0.5) is 0 Å². The summed E-state index contributed by atoms with van der Waals surface area (Å²) in [5.74, 6) is 0. The first-order valence-corrected chi connectivity index (χ1v) is 12.9. The Bertz CT molecular complexity index is 1130. The van der Waals surface area contributed by atoms with Crippen molar-refractivity contribution in [2.75, 3.05) is 0 Å². The standard InChI is InChI=1S/C26H16N4S4/c27-17-21-22(18-28)32-25(31-21)15-13-11-9-7-5-3-1-2-4-6-8-10-12-14-16-26-33-23(19-29)24(20-30)34-26/h1-16H/b2-1+,5-3+,6-4+,9-7+,10-8+,13-11+,14-12+. The summed E-state index contributed by atoms with van der Waals surface area (Å²) in [7, 11) is 0. The van der Waals surface area contributed by atoms with Gasteiger partial charge in [0.15, 0.2) is 0 Å². The first kappa shape index (κ1) is 26.7. The summed E-state index contributed by atoms with van der Waals surface area (Å²) in [5.41, 5.74) is 0. The van der Waals surface area contributed by atoms with E-state index in [1.807, 2.05) is 121 Å². The Kier molecular flexibility index (Phi) is 12.7. The van der Waals surface area contributed by atoms with Gasteiger partial charge in [0.2, 0.25) is 0 Å². The molecule has 0 amide bonds. The van der Waals surface area contributed by atoms with Crippen molar-refractivity contribution in [3.63, 3.8) is 0 Å². The van der Waals surface area contributed by atoms with Crippen molar-refractivity contribution < 1.29 is 0 Å². The third-order valence-electron chi connectivity index (χ3n) is 3.54. The van der Waals surface area contributed by atoms with Crippen molar-refractivity contribution in [3.8, 4) is 24.3 Å². The molecule has 8 heteroatoms. The Morgan fingerprint density at radius 1 is 0.353 bits per heavy atom. The largest absolute Gasteiger partial charge is 0.192 e. The SMILES string of the molecule is N#CC1=C(C#N)SC(=C/C=C/C=C/C=C/C=C/C=C/C=C/C=C/C=C2SC(C#N)=C(C#N)S2)S1. The van der Waals surface area contributed by atoms with Crippen LogP contribution in [0.3, 0.4) is 0 Å². The lowest BCUT2D eigenvalue weighted by molar-refractivity contribution is 1.50. The van der Waals surface area contributed by atoms with E-state index in [4.69, 9.17) is 21.0 Å². The smallest absolute Gasteiger partial charge is 0.115 e. The van der Waals surface area contributed by atoms with E-state index in [0.717, 1.165) is 8.47 Å². The van der Waals surface area contributed by atoms with Gasteiger partial charge in [-0.05, 0) is 12.2 Å². The molecule has 0 aromatic rings. The maximum Gasteiger partial charge on any atom is 0.115 e. The van der Waals surface area contributed by atoms with Crippen LogP contribution in [-0.4, -0.2) is 0 Å². The molecule has 0 unspecified atom stereocenters. The fourth-order valence-corrected chi connectivity index (χ4v) is 6.06. The number of nitrogens with zero attached hydrogens (tertiary/aromatic N) is 4. The summed E-state index contributed by atoms with van der Waals surface area (Å²) in [4.78, 5) is 1.83. The average Bonchev–Trinajstić information content (AvgIpc) is 3.46. The maximum atomic E-state index is 8.96. The fourth-order valence-electron chi connectivity index (χ4n) is 2.10. The molecular formula is C26H16N4S4. The van der Waals surface area contributed by atoms with Crippen LogP contribution >= 0.6 is 47.0 Å². The minimum Gasteiger partial charge on any atom is -0.192 e. The lowest BCUT2D eigenvalue weighted by atomic mass is 10.3. The molecule has 0 aromatic carbocycles. The summed E-state index contributed by atoms with van der Waals surface area (Å²) >= 11 is 5.27. The van der Waals surface area contributed by atoms with Crippen molar-refractivity contribution >= 4 is 47.0 Å². The van der Waals surface area contributed by atoms with Gasteiger partial charge in [-0.25, -0.2) is 0 Å². The second-order valence-corrected chi connectivity index (χ2v) is 10.6. The van der Waals surface area contributed by atoms with E-state index in [1.165, 1.54) is 47.0 Å². The number of allylic oxidation sites excluding steroid dienone is 20. The molecule has 4 nitrogen and oxygen atoms in total. The molecule has 0 radical (unpaired) electrons. The summed E-state index contributed by atoms with van der Waals surface area (Å²) in [6.07, 6.45) is 30.4. The van der Waals surface area contributed by atoms with Gasteiger partial charge in [0, 0.05) is 0 Å². The quantitative estimate of drug-likeness (QED) is 0.301. The Morgan fingerprint density at radius 2 is 0.559 bits per heavy atom. The Balaban J connectivity index is 1.64. The van der Waals surface area contributed by atoms with Gasteiger partial charge < -0.3 is 0 Å². The first-order chi connectivity index (χ1) is 16.7. The molecule has 34 heavy (non-hydrogen) atoms. The second-order valence-electron chi connectivity index (χ2n) is 5.84. The van der Waals surface area contributed by atoms with Crippen LogP contribution in [-0.2, 0) is 0 Å². The summed E-state index contributed by atoms with van der Waals surface area (Å²) in [6, 6.07) is 8.15. The van der Waals surface area contributed by atoms with E-state index in [-0.39, 0.29) is 0 Å².